The smallest absolute Gasteiger partial charge is 0.142 e. The molecule has 0 radical (unpaired) electrons. The zero-order valence-corrected chi connectivity index (χ0v) is 9.73. The average molecular weight is 241 g/mol. The van der Waals surface area contributed by atoms with Gasteiger partial charge in [-0.2, -0.15) is 5.26 Å². The second kappa shape index (κ2) is 5.78. The molecule has 0 saturated carbocycles. The van der Waals surface area contributed by atoms with Crippen LogP contribution in [0.3, 0.4) is 0 Å². The third-order valence-electron chi connectivity index (χ3n) is 2.47. The fraction of sp³-hybridized carbons (Fsp3) is 0.143. The molecular weight excluding hydrogens is 229 g/mol. The third-order valence-corrected chi connectivity index (χ3v) is 2.47. The summed E-state index contributed by atoms with van der Waals surface area (Å²) in [5, 5.41) is 11.8. The van der Waals surface area contributed by atoms with Crippen LogP contribution in [0.1, 0.15) is 11.3 Å². The van der Waals surface area contributed by atoms with E-state index < -0.39 is 0 Å². The van der Waals surface area contributed by atoms with E-state index in [4.69, 9.17) is 5.26 Å². The highest BCUT2D eigenvalue weighted by molar-refractivity contribution is 5.38. The van der Waals surface area contributed by atoms with E-state index in [9.17, 15) is 4.39 Å². The van der Waals surface area contributed by atoms with Crippen molar-refractivity contribution in [3.63, 3.8) is 0 Å². The van der Waals surface area contributed by atoms with Crippen molar-refractivity contribution in [2.24, 2.45) is 0 Å². The van der Waals surface area contributed by atoms with Crippen molar-refractivity contribution in [1.82, 2.24) is 4.98 Å². The Balaban J connectivity index is 1.90. The van der Waals surface area contributed by atoms with Crippen LogP contribution in [0.4, 0.5) is 10.2 Å². The Hall–Kier alpha value is -2.41. The van der Waals surface area contributed by atoms with Gasteiger partial charge in [-0.25, -0.2) is 9.37 Å². The Kier molecular flexibility index (Phi) is 3.87. The summed E-state index contributed by atoms with van der Waals surface area (Å²) in [5.41, 5.74) is 1.31. The Morgan fingerprint density at radius 3 is 2.83 bits per heavy atom. The maximum Gasteiger partial charge on any atom is 0.142 e. The monoisotopic (exact) mass is 241 g/mol. The van der Waals surface area contributed by atoms with Crippen molar-refractivity contribution in [2.45, 2.75) is 6.42 Å². The van der Waals surface area contributed by atoms with Crippen molar-refractivity contribution in [3.05, 3.63) is 59.5 Å². The lowest BCUT2D eigenvalue weighted by Gasteiger charge is -2.05. The summed E-state index contributed by atoms with van der Waals surface area (Å²) in [6.07, 6.45) is 0.705. The number of nitrogens with one attached hydrogen (secondary N) is 1. The topological polar surface area (TPSA) is 48.7 Å². The van der Waals surface area contributed by atoms with E-state index in [1.807, 2.05) is 12.1 Å². The van der Waals surface area contributed by atoms with Gasteiger partial charge < -0.3 is 5.32 Å². The molecule has 2 rings (SSSR count). The van der Waals surface area contributed by atoms with Crippen LogP contribution >= 0.6 is 0 Å². The fourth-order valence-corrected chi connectivity index (χ4v) is 1.62. The predicted octanol–water partition coefficient (Wildman–Crippen LogP) is 2.75. The van der Waals surface area contributed by atoms with Crippen LogP contribution in [0.2, 0.25) is 0 Å². The van der Waals surface area contributed by atoms with Crippen LogP contribution in [0, 0.1) is 17.1 Å². The van der Waals surface area contributed by atoms with Crippen molar-refractivity contribution in [2.75, 3.05) is 11.9 Å². The van der Waals surface area contributed by atoms with Gasteiger partial charge in [0.05, 0.1) is 0 Å². The van der Waals surface area contributed by atoms with E-state index in [0.29, 0.717) is 24.5 Å². The van der Waals surface area contributed by atoms with Gasteiger partial charge in [0.2, 0.25) is 0 Å². The number of pyridine rings is 1. The van der Waals surface area contributed by atoms with Gasteiger partial charge in [-0.1, -0.05) is 18.2 Å². The van der Waals surface area contributed by atoms with Crippen LogP contribution in [0.25, 0.3) is 0 Å². The molecule has 0 unspecified atom stereocenters. The van der Waals surface area contributed by atoms with Crippen LogP contribution in [0.15, 0.2) is 42.5 Å². The molecule has 1 heterocycles. The molecule has 1 aromatic heterocycles. The van der Waals surface area contributed by atoms with Gasteiger partial charge in [-0.05, 0) is 36.2 Å². The minimum Gasteiger partial charge on any atom is -0.370 e. The number of aromatic nitrogens is 1. The summed E-state index contributed by atoms with van der Waals surface area (Å²) in [4.78, 5) is 4.09. The predicted molar refractivity (Wildman–Crippen MR) is 67.5 cm³/mol. The zero-order chi connectivity index (χ0) is 12.8. The Bertz CT molecular complexity index is 575. The maximum absolute atomic E-state index is 12.9. The van der Waals surface area contributed by atoms with E-state index in [-0.39, 0.29) is 5.82 Å². The molecule has 0 aliphatic heterocycles. The Morgan fingerprint density at radius 2 is 2.06 bits per heavy atom. The zero-order valence-electron chi connectivity index (χ0n) is 9.73. The molecular formula is C14H12FN3. The number of hydrogen-bond donors (Lipinski definition) is 1. The highest BCUT2D eigenvalue weighted by Gasteiger charge is 1.98. The fourth-order valence-electron chi connectivity index (χ4n) is 1.62. The SMILES string of the molecule is N#Cc1cccc(NCCc2cccc(F)c2)n1. The number of hydrogen-bond acceptors (Lipinski definition) is 3. The molecule has 0 fully saturated rings. The first-order chi connectivity index (χ1) is 8.78. The Labute approximate surface area is 105 Å². The third kappa shape index (κ3) is 3.29. The highest BCUT2D eigenvalue weighted by Crippen LogP contribution is 2.06. The molecule has 0 atom stereocenters. The van der Waals surface area contributed by atoms with E-state index >= 15 is 0 Å². The minimum atomic E-state index is -0.225. The normalized spacial score (nSPS) is 9.78. The molecule has 0 aliphatic carbocycles. The van der Waals surface area contributed by atoms with Gasteiger partial charge in [0, 0.05) is 6.54 Å². The highest BCUT2D eigenvalue weighted by atomic mass is 19.1. The quantitative estimate of drug-likeness (QED) is 0.895. The second-order valence-electron chi connectivity index (χ2n) is 3.83. The summed E-state index contributed by atoms with van der Waals surface area (Å²) < 4.78 is 12.9. The number of rotatable bonds is 4. The molecule has 0 saturated heterocycles. The van der Waals surface area contributed by atoms with E-state index in [1.54, 1.807) is 24.3 Å². The van der Waals surface area contributed by atoms with E-state index in [2.05, 4.69) is 10.3 Å². The summed E-state index contributed by atoms with van der Waals surface area (Å²) >= 11 is 0. The molecule has 90 valence electrons. The van der Waals surface area contributed by atoms with Crippen LogP contribution in [-0.2, 0) is 6.42 Å². The summed E-state index contributed by atoms with van der Waals surface area (Å²) in [6.45, 7) is 0.644. The summed E-state index contributed by atoms with van der Waals surface area (Å²) in [7, 11) is 0. The van der Waals surface area contributed by atoms with Gasteiger partial charge in [-0.3, -0.25) is 0 Å². The number of nitriles is 1. The van der Waals surface area contributed by atoms with Gasteiger partial charge in [0.1, 0.15) is 23.4 Å². The molecule has 0 spiro atoms. The first-order valence-corrected chi connectivity index (χ1v) is 5.63. The number of anilines is 1. The van der Waals surface area contributed by atoms with Crippen molar-refractivity contribution in [3.8, 4) is 6.07 Å². The second-order valence-corrected chi connectivity index (χ2v) is 3.83. The van der Waals surface area contributed by atoms with Crippen molar-refractivity contribution < 1.29 is 4.39 Å². The van der Waals surface area contributed by atoms with Crippen LogP contribution in [0.5, 0.6) is 0 Å². The first-order valence-electron chi connectivity index (χ1n) is 5.63. The van der Waals surface area contributed by atoms with E-state index in [0.717, 1.165) is 5.56 Å². The molecule has 0 aliphatic rings. The Morgan fingerprint density at radius 1 is 1.22 bits per heavy atom. The maximum atomic E-state index is 12.9. The number of halogens is 1. The molecule has 18 heavy (non-hydrogen) atoms. The van der Waals surface area contributed by atoms with Crippen molar-refractivity contribution >= 4 is 5.82 Å². The molecule has 2 aromatic rings. The minimum absolute atomic E-state index is 0.225. The summed E-state index contributed by atoms with van der Waals surface area (Å²) in [5.74, 6) is 0.433. The first kappa shape index (κ1) is 12.1. The van der Waals surface area contributed by atoms with Gasteiger partial charge in [0.15, 0.2) is 0 Å². The number of nitrogens with zero attached hydrogens (tertiary/aromatic N) is 2. The van der Waals surface area contributed by atoms with Crippen molar-refractivity contribution in [1.29, 1.82) is 5.26 Å². The molecule has 0 amide bonds. The number of benzene rings is 1. The standard InChI is InChI=1S/C14H12FN3/c15-12-4-1-3-11(9-12)7-8-17-14-6-2-5-13(10-16)18-14/h1-6,9H,7-8H2,(H,17,18). The van der Waals surface area contributed by atoms with Crippen LogP contribution in [-0.4, -0.2) is 11.5 Å². The lowest BCUT2D eigenvalue weighted by molar-refractivity contribution is 0.625. The lowest BCUT2D eigenvalue weighted by Crippen LogP contribution is -2.06. The van der Waals surface area contributed by atoms with E-state index in [1.165, 1.54) is 12.1 Å². The molecule has 1 N–H and O–H groups in total. The molecule has 0 bridgehead atoms. The van der Waals surface area contributed by atoms with Gasteiger partial charge in [-0.15, -0.1) is 0 Å². The summed E-state index contributed by atoms with van der Waals surface area (Å²) in [6, 6.07) is 13.7. The van der Waals surface area contributed by atoms with Gasteiger partial charge >= 0.3 is 0 Å². The van der Waals surface area contributed by atoms with Gasteiger partial charge in [0.25, 0.3) is 0 Å². The van der Waals surface area contributed by atoms with Crippen LogP contribution < -0.4 is 5.32 Å². The molecule has 1 aromatic carbocycles. The largest absolute Gasteiger partial charge is 0.370 e. The average Bonchev–Trinajstić information content (AvgIpc) is 2.39. The molecule has 3 nitrogen and oxygen atoms in total. The lowest BCUT2D eigenvalue weighted by atomic mass is 10.1. The molecule has 4 heteroatoms.